The number of amides is 2. The molecule has 0 saturated heterocycles. The maximum absolute atomic E-state index is 11.0. The second-order valence-corrected chi connectivity index (χ2v) is 2.87. The largest absolute Gasteiger partial charge is 0.483 e. The van der Waals surface area contributed by atoms with E-state index in [4.69, 9.17) is 21.9 Å². The number of anilines is 1. The zero-order valence-corrected chi connectivity index (χ0v) is 7.90. The van der Waals surface area contributed by atoms with Crippen LogP contribution in [0.5, 0.6) is 5.75 Å². The molecule has 0 atom stereocenters. The molecule has 0 heterocycles. The molecule has 6 heteroatoms. The fourth-order valence-electron chi connectivity index (χ4n) is 1.01. The number of hydrogen-bond donors (Lipinski definition) is 3. The molecule has 0 aliphatic rings. The molecule has 0 unspecified atom stereocenters. The fourth-order valence-corrected chi connectivity index (χ4v) is 1.01. The molecule has 0 saturated carbocycles. The minimum atomic E-state index is -0.679. The van der Waals surface area contributed by atoms with E-state index in [9.17, 15) is 9.59 Å². The Balaban J connectivity index is 2.95. The molecule has 1 rings (SSSR count). The summed E-state index contributed by atoms with van der Waals surface area (Å²) in [6.07, 6.45) is 0. The lowest BCUT2D eigenvalue weighted by Crippen LogP contribution is -2.21. The van der Waals surface area contributed by atoms with Crippen LogP contribution in [0.1, 0.15) is 10.4 Å². The van der Waals surface area contributed by atoms with Gasteiger partial charge in [-0.1, -0.05) is 0 Å². The van der Waals surface area contributed by atoms with Crippen LogP contribution in [0, 0.1) is 0 Å². The Hall–Kier alpha value is -2.24. The van der Waals surface area contributed by atoms with Crippen molar-refractivity contribution < 1.29 is 14.3 Å². The number of primary amides is 2. The molecule has 0 fully saturated rings. The Bertz CT molecular complexity index is 404. The number of nitrogens with two attached hydrogens (primary N) is 3. The number of benzene rings is 1. The summed E-state index contributed by atoms with van der Waals surface area (Å²) in [7, 11) is 0. The van der Waals surface area contributed by atoms with Gasteiger partial charge in [0.25, 0.3) is 11.8 Å². The van der Waals surface area contributed by atoms with Crippen molar-refractivity contribution in [3.63, 3.8) is 0 Å². The fraction of sp³-hybridized carbons (Fsp3) is 0.111. The minimum Gasteiger partial charge on any atom is -0.483 e. The lowest BCUT2D eigenvalue weighted by atomic mass is 10.1. The Morgan fingerprint density at radius 2 is 1.93 bits per heavy atom. The van der Waals surface area contributed by atoms with E-state index < -0.39 is 11.8 Å². The van der Waals surface area contributed by atoms with Gasteiger partial charge in [0.05, 0.1) is 5.56 Å². The Labute approximate surface area is 86.0 Å². The number of ether oxygens (including phenoxy) is 1. The molecule has 1 aromatic rings. The summed E-state index contributed by atoms with van der Waals surface area (Å²) in [4.78, 5) is 21.5. The average molecular weight is 209 g/mol. The van der Waals surface area contributed by atoms with E-state index >= 15 is 0 Å². The van der Waals surface area contributed by atoms with Gasteiger partial charge in [0.15, 0.2) is 6.61 Å². The second kappa shape index (κ2) is 4.32. The highest BCUT2D eigenvalue weighted by molar-refractivity contribution is 5.96. The van der Waals surface area contributed by atoms with Gasteiger partial charge in [0.1, 0.15) is 5.75 Å². The van der Waals surface area contributed by atoms with Gasteiger partial charge < -0.3 is 21.9 Å². The van der Waals surface area contributed by atoms with Gasteiger partial charge >= 0.3 is 0 Å². The third-order valence-corrected chi connectivity index (χ3v) is 1.64. The first kappa shape index (κ1) is 10.8. The van der Waals surface area contributed by atoms with E-state index in [1.165, 1.54) is 18.2 Å². The maximum atomic E-state index is 11.0. The number of carbonyl (C=O) groups is 2. The highest BCUT2D eigenvalue weighted by Crippen LogP contribution is 2.20. The summed E-state index contributed by atoms with van der Waals surface area (Å²) >= 11 is 0. The van der Waals surface area contributed by atoms with Crippen LogP contribution in [-0.4, -0.2) is 18.4 Å². The molecule has 1 aromatic carbocycles. The summed E-state index contributed by atoms with van der Waals surface area (Å²) in [5.74, 6) is -1.13. The summed E-state index contributed by atoms with van der Waals surface area (Å²) < 4.78 is 4.98. The van der Waals surface area contributed by atoms with Crippen LogP contribution in [0.25, 0.3) is 0 Å². The molecule has 0 bridgehead atoms. The molecule has 0 aromatic heterocycles. The van der Waals surface area contributed by atoms with Crippen LogP contribution in [0.4, 0.5) is 5.69 Å². The zero-order chi connectivity index (χ0) is 11.4. The highest BCUT2D eigenvalue weighted by atomic mass is 16.5. The predicted molar refractivity (Wildman–Crippen MR) is 54.1 cm³/mol. The SMILES string of the molecule is NC(=O)COc1ccc(N)cc1C(N)=O. The van der Waals surface area contributed by atoms with Gasteiger partial charge in [-0.15, -0.1) is 0 Å². The van der Waals surface area contributed by atoms with Gasteiger partial charge in [-0.2, -0.15) is 0 Å². The van der Waals surface area contributed by atoms with Crippen molar-refractivity contribution >= 4 is 17.5 Å². The maximum Gasteiger partial charge on any atom is 0.255 e. The van der Waals surface area contributed by atoms with Gasteiger partial charge in [-0.05, 0) is 18.2 Å². The molecule has 0 spiro atoms. The lowest BCUT2D eigenvalue weighted by molar-refractivity contribution is -0.119. The Morgan fingerprint density at radius 3 is 2.47 bits per heavy atom. The number of nitrogen functional groups attached to an aromatic ring is 1. The quantitative estimate of drug-likeness (QED) is 0.563. The standard InChI is InChI=1S/C9H11N3O3/c10-5-1-2-7(15-4-8(11)13)6(3-5)9(12)14/h1-3H,4,10H2,(H2,11,13)(H2,12,14). The number of rotatable bonds is 4. The highest BCUT2D eigenvalue weighted by Gasteiger charge is 2.10. The van der Waals surface area contributed by atoms with Crippen LogP contribution < -0.4 is 21.9 Å². The molecule has 15 heavy (non-hydrogen) atoms. The summed E-state index contributed by atoms with van der Waals surface area (Å²) in [6.45, 7) is -0.315. The third-order valence-electron chi connectivity index (χ3n) is 1.64. The summed E-state index contributed by atoms with van der Waals surface area (Å²) in [6, 6.07) is 4.36. The van der Waals surface area contributed by atoms with Crippen LogP contribution >= 0.6 is 0 Å². The molecular formula is C9H11N3O3. The van der Waals surface area contributed by atoms with Crippen molar-refractivity contribution in [2.45, 2.75) is 0 Å². The van der Waals surface area contributed by atoms with E-state index in [2.05, 4.69) is 0 Å². The van der Waals surface area contributed by atoms with Gasteiger partial charge in [0, 0.05) is 5.69 Å². The van der Waals surface area contributed by atoms with Crippen molar-refractivity contribution in [2.75, 3.05) is 12.3 Å². The number of carbonyl (C=O) groups excluding carboxylic acids is 2. The van der Waals surface area contributed by atoms with E-state index in [-0.39, 0.29) is 17.9 Å². The summed E-state index contributed by atoms with van der Waals surface area (Å²) in [5.41, 5.74) is 16.0. The van der Waals surface area contributed by atoms with Crippen molar-refractivity contribution in [1.29, 1.82) is 0 Å². The molecular weight excluding hydrogens is 198 g/mol. The topological polar surface area (TPSA) is 121 Å². The Morgan fingerprint density at radius 1 is 1.27 bits per heavy atom. The second-order valence-electron chi connectivity index (χ2n) is 2.87. The third kappa shape index (κ3) is 2.87. The monoisotopic (exact) mass is 209 g/mol. The van der Waals surface area contributed by atoms with E-state index in [1.807, 2.05) is 0 Å². The van der Waals surface area contributed by atoms with Crippen molar-refractivity contribution in [3.8, 4) is 5.75 Å². The van der Waals surface area contributed by atoms with Crippen LogP contribution in [0.3, 0.4) is 0 Å². The summed E-state index contributed by atoms with van der Waals surface area (Å²) in [5, 5.41) is 0. The zero-order valence-electron chi connectivity index (χ0n) is 7.90. The molecule has 6 N–H and O–H groups in total. The minimum absolute atomic E-state index is 0.122. The predicted octanol–water partition coefficient (Wildman–Crippen LogP) is -0.768. The van der Waals surface area contributed by atoms with E-state index in [1.54, 1.807) is 0 Å². The first-order valence-corrected chi connectivity index (χ1v) is 4.11. The first-order valence-electron chi connectivity index (χ1n) is 4.11. The van der Waals surface area contributed by atoms with E-state index in [0.29, 0.717) is 5.69 Å². The van der Waals surface area contributed by atoms with Gasteiger partial charge in [-0.25, -0.2) is 0 Å². The van der Waals surface area contributed by atoms with Crippen molar-refractivity contribution in [2.24, 2.45) is 11.5 Å². The lowest BCUT2D eigenvalue weighted by Gasteiger charge is -2.08. The molecule has 6 nitrogen and oxygen atoms in total. The average Bonchev–Trinajstić information content (AvgIpc) is 2.15. The van der Waals surface area contributed by atoms with Gasteiger partial charge in [0.2, 0.25) is 0 Å². The van der Waals surface area contributed by atoms with Crippen LogP contribution in [0.2, 0.25) is 0 Å². The van der Waals surface area contributed by atoms with E-state index in [0.717, 1.165) is 0 Å². The van der Waals surface area contributed by atoms with Gasteiger partial charge in [-0.3, -0.25) is 9.59 Å². The first-order chi connectivity index (χ1) is 7.00. The Kier molecular flexibility index (Phi) is 3.12. The normalized spacial score (nSPS) is 9.60. The van der Waals surface area contributed by atoms with Crippen molar-refractivity contribution in [3.05, 3.63) is 23.8 Å². The van der Waals surface area contributed by atoms with Crippen molar-refractivity contribution in [1.82, 2.24) is 0 Å². The smallest absolute Gasteiger partial charge is 0.255 e. The molecule has 2 amide bonds. The number of hydrogen-bond acceptors (Lipinski definition) is 4. The molecule has 0 aliphatic carbocycles. The van der Waals surface area contributed by atoms with Crippen LogP contribution in [-0.2, 0) is 4.79 Å². The van der Waals surface area contributed by atoms with Crippen LogP contribution in [0.15, 0.2) is 18.2 Å². The molecule has 80 valence electrons. The molecule has 0 radical (unpaired) electrons. The molecule has 0 aliphatic heterocycles.